The highest BCUT2D eigenvalue weighted by molar-refractivity contribution is 6.03. The van der Waals surface area contributed by atoms with Gasteiger partial charge < -0.3 is 20.5 Å². The van der Waals surface area contributed by atoms with Crippen LogP contribution < -0.4 is 15.4 Å². The van der Waals surface area contributed by atoms with Gasteiger partial charge in [-0.1, -0.05) is 60.2 Å². The van der Waals surface area contributed by atoms with Gasteiger partial charge in [-0.2, -0.15) is 0 Å². The number of aryl methyl sites for hydroxylation is 1. The molecule has 0 spiro atoms. The molecule has 1 atom stereocenters. The van der Waals surface area contributed by atoms with E-state index in [4.69, 9.17) is 4.74 Å². The minimum atomic E-state index is -1.13. The third kappa shape index (κ3) is 5.86. The second-order valence-electron chi connectivity index (χ2n) is 8.29. The summed E-state index contributed by atoms with van der Waals surface area (Å²) < 4.78 is 5.56. The van der Waals surface area contributed by atoms with Crippen LogP contribution in [0.4, 0.5) is 11.4 Å². The Morgan fingerprint density at radius 3 is 2.46 bits per heavy atom. The fourth-order valence-electron chi connectivity index (χ4n) is 3.94. The van der Waals surface area contributed by atoms with Crippen LogP contribution in [0.25, 0.3) is 5.57 Å². The Labute approximate surface area is 205 Å². The first kappa shape index (κ1) is 24.0. The largest absolute Gasteiger partial charge is 0.494 e. The molecular weight excluding hydrogens is 440 g/mol. The summed E-state index contributed by atoms with van der Waals surface area (Å²) in [5.41, 5.74) is 6.04. The summed E-state index contributed by atoms with van der Waals surface area (Å²) in [6, 6.07) is 21.3. The van der Waals surface area contributed by atoms with E-state index in [2.05, 4.69) is 34.9 Å². The van der Waals surface area contributed by atoms with Gasteiger partial charge in [0.15, 0.2) is 0 Å². The van der Waals surface area contributed by atoms with E-state index in [0.29, 0.717) is 23.5 Å². The van der Waals surface area contributed by atoms with Crippen molar-refractivity contribution in [1.82, 2.24) is 0 Å². The molecule has 1 aliphatic rings. The number of ether oxygens (including phenoxy) is 1. The molecule has 6 heteroatoms. The number of fused-ring (bicyclic) bond motifs is 1. The minimum Gasteiger partial charge on any atom is -0.494 e. The van der Waals surface area contributed by atoms with Crippen LogP contribution in [0.2, 0.25) is 0 Å². The number of amides is 2. The summed E-state index contributed by atoms with van der Waals surface area (Å²) in [4.78, 5) is 24.4. The third-order valence-corrected chi connectivity index (χ3v) is 5.74. The van der Waals surface area contributed by atoms with E-state index in [0.717, 1.165) is 22.4 Å². The number of rotatable bonds is 7. The highest BCUT2D eigenvalue weighted by atomic mass is 16.5. The molecule has 0 saturated carbocycles. The van der Waals surface area contributed by atoms with E-state index in [9.17, 15) is 14.7 Å². The number of aliphatic hydroxyl groups excluding tert-OH is 1. The van der Waals surface area contributed by atoms with Crippen molar-refractivity contribution in [3.63, 3.8) is 0 Å². The number of hydrogen-bond donors (Lipinski definition) is 3. The van der Waals surface area contributed by atoms with Gasteiger partial charge in [0.25, 0.3) is 5.91 Å². The fourth-order valence-corrected chi connectivity index (χ4v) is 3.94. The number of nitrogens with one attached hydrogen (secondary N) is 2. The molecule has 1 aliphatic heterocycles. The zero-order chi connectivity index (χ0) is 24.8. The first-order valence-electron chi connectivity index (χ1n) is 11.5. The lowest BCUT2D eigenvalue weighted by molar-refractivity contribution is -0.124. The molecule has 0 aromatic heterocycles. The lowest BCUT2D eigenvalue weighted by Crippen LogP contribution is -2.34. The highest BCUT2D eigenvalue weighted by Gasteiger charge is 2.26. The van der Waals surface area contributed by atoms with Crippen molar-refractivity contribution in [2.75, 3.05) is 17.2 Å². The van der Waals surface area contributed by atoms with E-state index >= 15 is 0 Å². The molecule has 3 aromatic carbocycles. The van der Waals surface area contributed by atoms with Crippen LogP contribution in [0.3, 0.4) is 0 Å². The van der Waals surface area contributed by atoms with Crippen molar-refractivity contribution < 1.29 is 19.4 Å². The predicted octanol–water partition coefficient (Wildman–Crippen LogP) is 4.88. The molecule has 3 aromatic rings. The number of carbonyl (C=O) groups is 2. The Morgan fingerprint density at radius 2 is 1.77 bits per heavy atom. The summed E-state index contributed by atoms with van der Waals surface area (Å²) in [7, 11) is 0. The van der Waals surface area contributed by atoms with Gasteiger partial charge in [0.2, 0.25) is 5.91 Å². The van der Waals surface area contributed by atoms with Gasteiger partial charge >= 0.3 is 0 Å². The molecule has 178 valence electrons. The first-order chi connectivity index (χ1) is 16.9. The zero-order valence-electron chi connectivity index (χ0n) is 19.7. The van der Waals surface area contributed by atoms with Gasteiger partial charge in [0, 0.05) is 29.4 Å². The SMILES string of the molecule is CCOc1ccc(/C(=C\C=C\C(=O)Nc2cccc3c2CC(O)C(=O)N3)c2ccc(C)cc2)cc1. The standard InChI is InChI=1S/C29H28N2O4/c1-3-35-22-16-14-21(15-17-22)23(20-12-10-19(2)11-13-20)6-4-9-28(33)30-25-7-5-8-26-24(25)18-27(32)29(34)31-26/h4-17,27,32H,3,18H2,1-2H3,(H,30,33)(H,31,34)/b9-4+,23-6-. The van der Waals surface area contributed by atoms with Gasteiger partial charge in [-0.25, -0.2) is 0 Å². The summed E-state index contributed by atoms with van der Waals surface area (Å²) >= 11 is 0. The van der Waals surface area contributed by atoms with Crippen LogP contribution in [-0.4, -0.2) is 29.6 Å². The number of hydrogen-bond acceptors (Lipinski definition) is 4. The van der Waals surface area contributed by atoms with Gasteiger partial charge in [-0.15, -0.1) is 0 Å². The van der Waals surface area contributed by atoms with Crippen molar-refractivity contribution in [2.45, 2.75) is 26.4 Å². The van der Waals surface area contributed by atoms with Gasteiger partial charge in [-0.3, -0.25) is 9.59 Å². The quantitative estimate of drug-likeness (QED) is 0.341. The molecule has 0 bridgehead atoms. The second kappa shape index (κ2) is 10.8. The number of benzene rings is 3. The molecule has 0 aliphatic carbocycles. The van der Waals surface area contributed by atoms with Crippen LogP contribution in [0, 0.1) is 6.92 Å². The smallest absolute Gasteiger partial charge is 0.253 e. The number of allylic oxidation sites excluding steroid dienone is 2. The number of anilines is 2. The van der Waals surface area contributed by atoms with Crippen molar-refractivity contribution in [1.29, 1.82) is 0 Å². The lowest BCUT2D eigenvalue weighted by Gasteiger charge is -2.23. The Bertz CT molecular complexity index is 1280. The van der Waals surface area contributed by atoms with Crippen molar-refractivity contribution >= 4 is 28.8 Å². The van der Waals surface area contributed by atoms with Crippen LogP contribution >= 0.6 is 0 Å². The van der Waals surface area contributed by atoms with E-state index in [1.165, 1.54) is 11.6 Å². The predicted molar refractivity (Wildman–Crippen MR) is 138 cm³/mol. The van der Waals surface area contributed by atoms with Gasteiger partial charge in [-0.05, 0) is 54.8 Å². The molecule has 4 rings (SSSR count). The molecule has 1 unspecified atom stereocenters. The third-order valence-electron chi connectivity index (χ3n) is 5.74. The normalized spacial score (nSPS) is 15.5. The second-order valence-corrected chi connectivity index (χ2v) is 8.29. The van der Waals surface area contributed by atoms with E-state index < -0.39 is 12.0 Å². The minimum absolute atomic E-state index is 0.149. The monoisotopic (exact) mass is 468 g/mol. The van der Waals surface area contributed by atoms with E-state index in [-0.39, 0.29) is 12.3 Å². The van der Waals surface area contributed by atoms with Crippen LogP contribution in [-0.2, 0) is 16.0 Å². The molecule has 0 radical (unpaired) electrons. The molecule has 2 amide bonds. The van der Waals surface area contributed by atoms with E-state index in [1.807, 2.05) is 44.2 Å². The average molecular weight is 469 g/mol. The van der Waals surface area contributed by atoms with Gasteiger partial charge in [0.05, 0.1) is 6.61 Å². The molecule has 0 fully saturated rings. The zero-order valence-corrected chi connectivity index (χ0v) is 19.7. The van der Waals surface area contributed by atoms with Crippen molar-refractivity contribution in [3.8, 4) is 5.75 Å². The highest BCUT2D eigenvalue weighted by Crippen LogP contribution is 2.30. The number of aliphatic hydroxyl groups is 1. The molecule has 0 saturated heterocycles. The summed E-state index contributed by atoms with van der Waals surface area (Å²) in [5.74, 6) is 0.0573. The molecule has 35 heavy (non-hydrogen) atoms. The van der Waals surface area contributed by atoms with Crippen LogP contribution in [0.5, 0.6) is 5.75 Å². The van der Waals surface area contributed by atoms with E-state index in [1.54, 1.807) is 24.3 Å². The Morgan fingerprint density at radius 1 is 1.09 bits per heavy atom. The maximum absolute atomic E-state index is 12.7. The Kier molecular flexibility index (Phi) is 7.43. The van der Waals surface area contributed by atoms with Crippen molar-refractivity contribution in [2.24, 2.45) is 0 Å². The Hall–Kier alpha value is -4.16. The van der Waals surface area contributed by atoms with Crippen molar-refractivity contribution in [3.05, 3.63) is 107 Å². The van der Waals surface area contributed by atoms with Crippen LogP contribution in [0.15, 0.2) is 85.0 Å². The van der Waals surface area contributed by atoms with Crippen LogP contribution in [0.1, 0.15) is 29.2 Å². The first-order valence-corrected chi connectivity index (χ1v) is 11.5. The Balaban J connectivity index is 1.56. The number of carbonyl (C=O) groups excluding carboxylic acids is 2. The molecular formula is C29H28N2O4. The maximum atomic E-state index is 12.7. The fraction of sp³-hybridized carbons (Fsp3) is 0.172. The topological polar surface area (TPSA) is 87.7 Å². The summed E-state index contributed by atoms with van der Waals surface area (Å²) in [6.45, 7) is 4.60. The summed E-state index contributed by atoms with van der Waals surface area (Å²) in [6.07, 6.45) is 4.10. The van der Waals surface area contributed by atoms with Gasteiger partial charge in [0.1, 0.15) is 11.9 Å². The maximum Gasteiger partial charge on any atom is 0.253 e. The lowest BCUT2D eigenvalue weighted by atomic mass is 9.96. The molecule has 1 heterocycles. The average Bonchev–Trinajstić information content (AvgIpc) is 2.85. The molecule has 6 nitrogen and oxygen atoms in total. The molecule has 3 N–H and O–H groups in total. The summed E-state index contributed by atoms with van der Waals surface area (Å²) in [5, 5.41) is 15.4.